The molecule has 0 unspecified atom stereocenters. The van der Waals surface area contributed by atoms with E-state index in [4.69, 9.17) is 0 Å². The molecule has 0 saturated heterocycles. The van der Waals surface area contributed by atoms with E-state index in [-0.39, 0.29) is 11.4 Å². The van der Waals surface area contributed by atoms with Gasteiger partial charge in [0.2, 0.25) is 0 Å². The molecule has 4 aromatic carbocycles. The molecular weight excluding hydrogens is 504 g/mol. The van der Waals surface area contributed by atoms with Gasteiger partial charge in [0.15, 0.2) is 23.0 Å². The summed E-state index contributed by atoms with van der Waals surface area (Å²) in [6.45, 7) is 3.99. The molecule has 40 heavy (non-hydrogen) atoms. The van der Waals surface area contributed by atoms with E-state index in [1.54, 1.807) is 36.4 Å². The lowest BCUT2D eigenvalue weighted by Gasteiger charge is -2.06. The minimum absolute atomic E-state index is 0.0335. The summed E-state index contributed by atoms with van der Waals surface area (Å²) in [7, 11) is 0. The fourth-order valence-corrected chi connectivity index (χ4v) is 4.14. The molecule has 0 saturated carbocycles. The average molecular weight is 529 g/mol. The van der Waals surface area contributed by atoms with Crippen molar-refractivity contribution in [3.05, 3.63) is 120 Å². The molecule has 0 aliphatic carbocycles. The molecule has 0 spiro atoms. The van der Waals surface area contributed by atoms with Crippen LogP contribution in [0.5, 0.6) is 0 Å². The summed E-state index contributed by atoms with van der Waals surface area (Å²) in [6.07, 6.45) is 0. The molecule has 8 nitrogen and oxygen atoms in total. The zero-order chi connectivity index (χ0) is 28.2. The Morgan fingerprint density at radius 3 is 1.20 bits per heavy atom. The number of carboxylic acid groups (broad SMARTS) is 2. The van der Waals surface area contributed by atoms with Crippen molar-refractivity contribution in [2.75, 3.05) is 0 Å². The number of hydrogen-bond donors (Lipinski definition) is 2. The number of aryl methyl sites for hydroxylation is 2. The van der Waals surface area contributed by atoms with Gasteiger partial charge >= 0.3 is 11.9 Å². The van der Waals surface area contributed by atoms with E-state index < -0.39 is 11.9 Å². The summed E-state index contributed by atoms with van der Waals surface area (Å²) < 4.78 is 0. The van der Waals surface area contributed by atoms with Crippen LogP contribution in [-0.2, 0) is 0 Å². The number of para-hydroxylation sites is 2. The molecule has 2 heterocycles. The van der Waals surface area contributed by atoms with Gasteiger partial charge in [-0.2, -0.15) is 0 Å². The molecule has 0 atom stereocenters. The van der Waals surface area contributed by atoms with E-state index in [2.05, 4.69) is 19.9 Å². The Bertz CT molecular complexity index is 1730. The summed E-state index contributed by atoms with van der Waals surface area (Å²) in [4.78, 5) is 40.0. The van der Waals surface area contributed by atoms with Gasteiger partial charge in [0, 0.05) is 21.9 Å². The van der Waals surface area contributed by atoms with Crippen molar-refractivity contribution < 1.29 is 19.8 Å². The average Bonchev–Trinajstić information content (AvgIpc) is 2.97. The molecule has 2 N–H and O–H groups in total. The first kappa shape index (κ1) is 26.1. The van der Waals surface area contributed by atoms with Crippen LogP contribution >= 0.6 is 0 Å². The lowest BCUT2D eigenvalue weighted by molar-refractivity contribution is 0.0682. The number of fused-ring (bicyclic) bond motifs is 2. The lowest BCUT2D eigenvalue weighted by atomic mass is 10.1. The maximum absolute atomic E-state index is 11.4. The second kappa shape index (κ2) is 11.1. The number of benzene rings is 4. The Balaban J connectivity index is 0.000000161. The standard InChI is InChI=1S/2C16H12N2O2/c2*1-10-6-8-11(9-7-10)15-17-13-5-3-2-4-12(13)14(18-15)16(19)20/h2*2-9H,1H3,(H,19,20). The van der Waals surface area contributed by atoms with Crippen molar-refractivity contribution in [2.45, 2.75) is 13.8 Å². The Morgan fingerprint density at radius 2 is 0.850 bits per heavy atom. The number of aromatic carboxylic acids is 2. The lowest BCUT2D eigenvalue weighted by Crippen LogP contribution is -2.04. The zero-order valence-corrected chi connectivity index (χ0v) is 21.7. The summed E-state index contributed by atoms with van der Waals surface area (Å²) in [5.41, 5.74) is 5.22. The van der Waals surface area contributed by atoms with Crippen molar-refractivity contribution in [3.63, 3.8) is 0 Å². The summed E-state index contributed by atoms with van der Waals surface area (Å²) in [6, 6.07) is 29.6. The highest BCUT2D eigenvalue weighted by Crippen LogP contribution is 2.23. The molecular formula is C32H24N4O4. The van der Waals surface area contributed by atoms with Crippen molar-refractivity contribution >= 4 is 33.7 Å². The zero-order valence-electron chi connectivity index (χ0n) is 21.7. The predicted molar refractivity (Wildman–Crippen MR) is 153 cm³/mol. The number of carbonyl (C=O) groups is 2. The van der Waals surface area contributed by atoms with Gasteiger partial charge < -0.3 is 10.2 Å². The van der Waals surface area contributed by atoms with Gasteiger partial charge in [0.25, 0.3) is 0 Å². The predicted octanol–water partition coefficient (Wildman–Crippen LogP) is 6.61. The van der Waals surface area contributed by atoms with Crippen LogP contribution in [0.15, 0.2) is 97.1 Å². The highest BCUT2D eigenvalue weighted by atomic mass is 16.4. The SMILES string of the molecule is Cc1ccc(-c2nc(C(=O)O)c3ccccc3n2)cc1.Cc1ccc(-c2nc(C(=O)O)c3ccccc3n2)cc1. The van der Waals surface area contributed by atoms with Crippen LogP contribution < -0.4 is 0 Å². The van der Waals surface area contributed by atoms with E-state index in [9.17, 15) is 19.8 Å². The van der Waals surface area contributed by atoms with Gasteiger partial charge in [0.05, 0.1) is 11.0 Å². The van der Waals surface area contributed by atoms with E-state index in [0.29, 0.717) is 33.5 Å². The quantitative estimate of drug-likeness (QED) is 0.262. The highest BCUT2D eigenvalue weighted by molar-refractivity contribution is 6.02. The molecule has 0 aliphatic rings. The van der Waals surface area contributed by atoms with Crippen LogP contribution in [0.25, 0.3) is 44.6 Å². The molecule has 6 rings (SSSR count). The third kappa shape index (κ3) is 5.51. The monoisotopic (exact) mass is 528 g/mol. The summed E-state index contributed by atoms with van der Waals surface area (Å²) in [5, 5.41) is 19.7. The van der Waals surface area contributed by atoms with Crippen LogP contribution in [0.4, 0.5) is 0 Å². The smallest absolute Gasteiger partial charge is 0.355 e. The third-order valence-corrected chi connectivity index (χ3v) is 6.23. The third-order valence-electron chi connectivity index (χ3n) is 6.23. The topological polar surface area (TPSA) is 126 Å². The van der Waals surface area contributed by atoms with Gasteiger partial charge in [-0.1, -0.05) is 96.1 Å². The number of aromatic nitrogens is 4. The molecule has 2 aromatic heterocycles. The maximum atomic E-state index is 11.4. The van der Waals surface area contributed by atoms with Crippen LogP contribution in [0, 0.1) is 13.8 Å². The van der Waals surface area contributed by atoms with Gasteiger partial charge in [-0.15, -0.1) is 0 Å². The van der Waals surface area contributed by atoms with Crippen molar-refractivity contribution in [1.29, 1.82) is 0 Å². The maximum Gasteiger partial charge on any atom is 0.355 e. The second-order valence-electron chi connectivity index (χ2n) is 9.17. The van der Waals surface area contributed by atoms with E-state index in [1.165, 1.54) is 0 Å². The molecule has 6 aromatic rings. The van der Waals surface area contributed by atoms with Gasteiger partial charge in [-0.3, -0.25) is 0 Å². The number of carboxylic acids is 2. The second-order valence-corrected chi connectivity index (χ2v) is 9.17. The molecule has 0 fully saturated rings. The van der Waals surface area contributed by atoms with Crippen LogP contribution in [0.1, 0.15) is 32.1 Å². The molecule has 0 aliphatic heterocycles. The number of hydrogen-bond acceptors (Lipinski definition) is 6. The normalized spacial score (nSPS) is 10.7. The summed E-state index contributed by atoms with van der Waals surface area (Å²) in [5.74, 6) is -1.23. The first-order valence-electron chi connectivity index (χ1n) is 12.4. The molecule has 0 radical (unpaired) electrons. The van der Waals surface area contributed by atoms with Gasteiger partial charge in [-0.25, -0.2) is 29.5 Å². The van der Waals surface area contributed by atoms with E-state index in [1.807, 2.05) is 74.5 Å². The van der Waals surface area contributed by atoms with Crippen LogP contribution in [0.3, 0.4) is 0 Å². The van der Waals surface area contributed by atoms with Crippen LogP contribution in [0.2, 0.25) is 0 Å². The molecule has 0 bridgehead atoms. The fourth-order valence-electron chi connectivity index (χ4n) is 4.14. The fraction of sp³-hybridized carbons (Fsp3) is 0.0625. The first-order chi connectivity index (χ1) is 19.3. The number of rotatable bonds is 4. The van der Waals surface area contributed by atoms with Crippen molar-refractivity contribution in [1.82, 2.24) is 19.9 Å². The van der Waals surface area contributed by atoms with Crippen molar-refractivity contribution in [2.24, 2.45) is 0 Å². The van der Waals surface area contributed by atoms with Crippen LogP contribution in [-0.4, -0.2) is 42.1 Å². The Kier molecular flexibility index (Phi) is 7.24. The first-order valence-corrected chi connectivity index (χ1v) is 12.4. The van der Waals surface area contributed by atoms with Gasteiger partial charge in [0.1, 0.15) is 0 Å². The Morgan fingerprint density at radius 1 is 0.500 bits per heavy atom. The Labute approximate surface area is 229 Å². The van der Waals surface area contributed by atoms with E-state index in [0.717, 1.165) is 22.3 Å². The summed E-state index contributed by atoms with van der Waals surface area (Å²) >= 11 is 0. The minimum atomic E-state index is -1.04. The minimum Gasteiger partial charge on any atom is -0.476 e. The molecule has 196 valence electrons. The Hall–Kier alpha value is -5.50. The van der Waals surface area contributed by atoms with E-state index >= 15 is 0 Å². The van der Waals surface area contributed by atoms with Gasteiger partial charge in [-0.05, 0) is 26.0 Å². The molecule has 0 amide bonds. The molecule has 8 heteroatoms. The van der Waals surface area contributed by atoms with Crippen molar-refractivity contribution in [3.8, 4) is 22.8 Å². The number of nitrogens with zero attached hydrogens (tertiary/aromatic N) is 4. The highest BCUT2D eigenvalue weighted by Gasteiger charge is 2.15. The largest absolute Gasteiger partial charge is 0.476 e.